The third kappa shape index (κ3) is 2.72. The van der Waals surface area contributed by atoms with Gasteiger partial charge in [0.25, 0.3) is 0 Å². The van der Waals surface area contributed by atoms with Gasteiger partial charge in [0, 0.05) is 19.0 Å². The van der Waals surface area contributed by atoms with Crippen molar-refractivity contribution >= 4 is 5.95 Å². The van der Waals surface area contributed by atoms with Crippen molar-refractivity contribution in [3.8, 4) is 0 Å². The Labute approximate surface area is 100 Å². The number of rotatable bonds is 3. The fraction of sp³-hybridized carbons (Fsp3) is 0.500. The van der Waals surface area contributed by atoms with Crippen LogP contribution in [0.2, 0.25) is 0 Å². The van der Waals surface area contributed by atoms with E-state index in [0.29, 0.717) is 11.9 Å². The number of allylic oxidation sites excluding steroid dienone is 1. The van der Waals surface area contributed by atoms with E-state index in [1.807, 2.05) is 0 Å². The molecule has 0 aliphatic carbocycles. The Bertz CT molecular complexity index is 385. The average molecular weight is 237 g/mol. The topological polar surface area (TPSA) is 38.2 Å². The van der Waals surface area contributed by atoms with Crippen molar-refractivity contribution in [3.05, 3.63) is 30.5 Å². The second-order valence-electron chi connectivity index (χ2n) is 4.13. The quantitative estimate of drug-likeness (QED) is 0.754. The Morgan fingerprint density at radius 3 is 2.53 bits per heavy atom. The zero-order valence-electron chi connectivity index (χ0n) is 9.90. The summed E-state index contributed by atoms with van der Waals surface area (Å²) < 4.78 is 17.8. The number of anilines is 1. The molecule has 1 fully saturated rings. The monoisotopic (exact) mass is 237 g/mol. The van der Waals surface area contributed by atoms with E-state index >= 15 is 0 Å². The van der Waals surface area contributed by atoms with Gasteiger partial charge in [-0.3, -0.25) is 0 Å². The third-order valence-electron chi connectivity index (χ3n) is 3.10. The SMILES string of the molecule is C=C(OC)C1CCN(c2ncc(F)cn2)CC1. The molecule has 5 heteroatoms. The van der Waals surface area contributed by atoms with Gasteiger partial charge >= 0.3 is 0 Å². The molecule has 0 aromatic carbocycles. The van der Waals surface area contributed by atoms with Crippen LogP contribution in [0.15, 0.2) is 24.7 Å². The highest BCUT2D eigenvalue weighted by Crippen LogP contribution is 2.25. The van der Waals surface area contributed by atoms with E-state index in [0.717, 1.165) is 31.7 Å². The van der Waals surface area contributed by atoms with Crippen molar-refractivity contribution in [3.63, 3.8) is 0 Å². The molecule has 1 saturated heterocycles. The number of piperidine rings is 1. The Hall–Kier alpha value is -1.65. The van der Waals surface area contributed by atoms with E-state index in [1.165, 1.54) is 12.4 Å². The second-order valence-corrected chi connectivity index (χ2v) is 4.13. The summed E-state index contributed by atoms with van der Waals surface area (Å²) in [5, 5.41) is 0. The van der Waals surface area contributed by atoms with Gasteiger partial charge in [0.1, 0.15) is 0 Å². The minimum absolute atomic E-state index is 0.400. The first-order valence-electron chi connectivity index (χ1n) is 5.66. The maximum absolute atomic E-state index is 12.7. The average Bonchev–Trinajstić information content (AvgIpc) is 2.39. The number of nitrogens with zero attached hydrogens (tertiary/aromatic N) is 3. The lowest BCUT2D eigenvalue weighted by Crippen LogP contribution is -2.35. The maximum atomic E-state index is 12.7. The molecule has 0 unspecified atom stereocenters. The summed E-state index contributed by atoms with van der Waals surface area (Å²) in [6.45, 7) is 5.58. The van der Waals surface area contributed by atoms with E-state index in [-0.39, 0.29) is 0 Å². The smallest absolute Gasteiger partial charge is 0.225 e. The van der Waals surface area contributed by atoms with Crippen LogP contribution in [-0.2, 0) is 4.74 Å². The molecule has 1 aliphatic heterocycles. The molecule has 2 rings (SSSR count). The molecule has 0 spiro atoms. The zero-order valence-corrected chi connectivity index (χ0v) is 9.90. The lowest BCUT2D eigenvalue weighted by atomic mass is 9.95. The van der Waals surface area contributed by atoms with Crippen molar-refractivity contribution in [2.45, 2.75) is 12.8 Å². The Kier molecular flexibility index (Phi) is 3.56. The number of methoxy groups -OCH3 is 1. The molecular formula is C12H16FN3O. The lowest BCUT2D eigenvalue weighted by Gasteiger charge is -2.32. The van der Waals surface area contributed by atoms with Crippen molar-refractivity contribution in [2.24, 2.45) is 5.92 Å². The maximum Gasteiger partial charge on any atom is 0.225 e. The van der Waals surface area contributed by atoms with Crippen LogP contribution in [0.25, 0.3) is 0 Å². The van der Waals surface area contributed by atoms with Crippen LogP contribution >= 0.6 is 0 Å². The van der Waals surface area contributed by atoms with Crippen LogP contribution in [0.3, 0.4) is 0 Å². The first-order chi connectivity index (χ1) is 8.20. The van der Waals surface area contributed by atoms with Gasteiger partial charge in [-0.05, 0) is 12.8 Å². The zero-order chi connectivity index (χ0) is 12.3. The highest BCUT2D eigenvalue weighted by atomic mass is 19.1. The summed E-state index contributed by atoms with van der Waals surface area (Å²) in [5.74, 6) is 1.42. The lowest BCUT2D eigenvalue weighted by molar-refractivity contribution is 0.225. The third-order valence-corrected chi connectivity index (χ3v) is 3.10. The molecule has 0 saturated carbocycles. The Morgan fingerprint density at radius 2 is 2.00 bits per heavy atom. The van der Waals surface area contributed by atoms with Crippen molar-refractivity contribution in [2.75, 3.05) is 25.1 Å². The standard InChI is InChI=1S/C12H16FN3O/c1-9(17-2)10-3-5-16(6-4-10)12-14-7-11(13)8-15-12/h7-8,10H,1,3-6H2,2H3. The van der Waals surface area contributed by atoms with Gasteiger partial charge in [-0.1, -0.05) is 6.58 Å². The summed E-state index contributed by atoms with van der Waals surface area (Å²) >= 11 is 0. The van der Waals surface area contributed by atoms with Crippen LogP contribution < -0.4 is 4.90 Å². The normalized spacial score (nSPS) is 16.9. The molecule has 92 valence electrons. The van der Waals surface area contributed by atoms with E-state index in [2.05, 4.69) is 21.4 Å². The van der Waals surface area contributed by atoms with Crippen LogP contribution in [0.5, 0.6) is 0 Å². The number of aromatic nitrogens is 2. The van der Waals surface area contributed by atoms with Gasteiger partial charge in [0.2, 0.25) is 5.95 Å². The van der Waals surface area contributed by atoms with Crippen molar-refractivity contribution < 1.29 is 9.13 Å². The fourth-order valence-electron chi connectivity index (χ4n) is 2.04. The molecule has 0 amide bonds. The van der Waals surface area contributed by atoms with Gasteiger partial charge in [-0.2, -0.15) is 0 Å². The van der Waals surface area contributed by atoms with Gasteiger partial charge in [-0.15, -0.1) is 0 Å². The van der Waals surface area contributed by atoms with Crippen LogP contribution in [-0.4, -0.2) is 30.2 Å². The number of hydrogen-bond donors (Lipinski definition) is 0. The number of halogens is 1. The van der Waals surface area contributed by atoms with Gasteiger partial charge in [-0.25, -0.2) is 14.4 Å². The first-order valence-corrected chi connectivity index (χ1v) is 5.66. The Balaban J connectivity index is 1.95. The molecule has 2 heterocycles. The second kappa shape index (κ2) is 5.12. The van der Waals surface area contributed by atoms with Gasteiger partial charge < -0.3 is 9.64 Å². The van der Waals surface area contributed by atoms with Crippen LogP contribution in [0, 0.1) is 11.7 Å². The summed E-state index contributed by atoms with van der Waals surface area (Å²) in [4.78, 5) is 10.0. The van der Waals surface area contributed by atoms with E-state index in [9.17, 15) is 4.39 Å². The predicted molar refractivity (Wildman–Crippen MR) is 63.1 cm³/mol. The molecule has 17 heavy (non-hydrogen) atoms. The van der Waals surface area contributed by atoms with Crippen molar-refractivity contribution in [1.29, 1.82) is 0 Å². The Morgan fingerprint density at radius 1 is 1.41 bits per heavy atom. The largest absolute Gasteiger partial charge is 0.501 e. The number of hydrogen-bond acceptors (Lipinski definition) is 4. The molecule has 1 aliphatic rings. The summed E-state index contributed by atoms with van der Waals surface area (Å²) in [7, 11) is 1.65. The van der Waals surface area contributed by atoms with E-state index in [4.69, 9.17) is 4.74 Å². The molecule has 0 N–H and O–H groups in total. The predicted octanol–water partition coefficient (Wildman–Crippen LogP) is 1.99. The molecular weight excluding hydrogens is 221 g/mol. The fourth-order valence-corrected chi connectivity index (χ4v) is 2.04. The molecule has 0 atom stereocenters. The minimum Gasteiger partial charge on any atom is -0.501 e. The highest BCUT2D eigenvalue weighted by molar-refractivity contribution is 5.29. The molecule has 1 aromatic heterocycles. The number of ether oxygens (including phenoxy) is 1. The van der Waals surface area contributed by atoms with Crippen molar-refractivity contribution in [1.82, 2.24) is 9.97 Å². The van der Waals surface area contributed by atoms with E-state index in [1.54, 1.807) is 7.11 Å². The van der Waals surface area contributed by atoms with E-state index < -0.39 is 5.82 Å². The summed E-state index contributed by atoms with van der Waals surface area (Å²) in [6, 6.07) is 0. The summed E-state index contributed by atoms with van der Waals surface area (Å²) in [6.07, 6.45) is 4.33. The summed E-state index contributed by atoms with van der Waals surface area (Å²) in [5.41, 5.74) is 0. The molecule has 0 bridgehead atoms. The highest BCUT2D eigenvalue weighted by Gasteiger charge is 2.23. The minimum atomic E-state index is -0.406. The first kappa shape index (κ1) is 11.8. The molecule has 0 radical (unpaired) electrons. The molecule has 1 aromatic rings. The van der Waals surface area contributed by atoms with Gasteiger partial charge in [0.15, 0.2) is 5.82 Å². The van der Waals surface area contributed by atoms with Crippen LogP contribution in [0.1, 0.15) is 12.8 Å². The molecule has 4 nitrogen and oxygen atoms in total. The van der Waals surface area contributed by atoms with Gasteiger partial charge in [0.05, 0.1) is 25.3 Å². The van der Waals surface area contributed by atoms with Crippen LogP contribution in [0.4, 0.5) is 10.3 Å².